The third-order valence-corrected chi connectivity index (χ3v) is 3.22. The number of rotatable bonds is 5. The van der Waals surface area contributed by atoms with Gasteiger partial charge in [0.25, 0.3) is 0 Å². The molecule has 1 aromatic carbocycles. The number of aromatic hydroxyl groups is 1. The van der Waals surface area contributed by atoms with Gasteiger partial charge in [-0.1, -0.05) is 31.1 Å². The van der Waals surface area contributed by atoms with E-state index in [9.17, 15) is 5.11 Å². The predicted molar refractivity (Wildman–Crippen MR) is 71.7 cm³/mol. The lowest BCUT2D eigenvalue weighted by Crippen LogP contribution is -2.14. The summed E-state index contributed by atoms with van der Waals surface area (Å²) in [6, 6.07) is 6.62. The Morgan fingerprint density at radius 2 is 2.00 bits per heavy atom. The molecule has 0 amide bonds. The lowest BCUT2D eigenvalue weighted by molar-refractivity contribution is 0.348. The first-order chi connectivity index (χ1) is 9.10. The van der Waals surface area contributed by atoms with E-state index in [4.69, 9.17) is 10.3 Å². The normalized spacial score (nSPS) is 14.3. The Balaban J connectivity index is 2.05. The third-order valence-electron chi connectivity index (χ3n) is 3.22. The van der Waals surface area contributed by atoms with Crippen LogP contribution in [0.4, 0.5) is 0 Å². The molecule has 5 heteroatoms. The molecule has 0 saturated heterocycles. The molecular weight excluding hydrogens is 242 g/mol. The van der Waals surface area contributed by atoms with E-state index in [0.29, 0.717) is 18.1 Å². The molecule has 0 aliphatic carbocycles. The lowest BCUT2D eigenvalue weighted by Gasteiger charge is -2.06. The van der Waals surface area contributed by atoms with Crippen molar-refractivity contribution in [2.24, 2.45) is 5.73 Å². The van der Waals surface area contributed by atoms with Gasteiger partial charge in [-0.25, -0.2) is 0 Å². The van der Waals surface area contributed by atoms with Gasteiger partial charge in [0.05, 0.1) is 6.04 Å². The molecule has 2 aromatic rings. The summed E-state index contributed by atoms with van der Waals surface area (Å²) in [7, 11) is 0. The summed E-state index contributed by atoms with van der Waals surface area (Å²) in [5.74, 6) is 1.69. The molecule has 2 unspecified atom stereocenters. The highest BCUT2D eigenvalue weighted by Crippen LogP contribution is 2.20. The number of phenols is 1. The van der Waals surface area contributed by atoms with Gasteiger partial charge in [-0.3, -0.25) is 0 Å². The van der Waals surface area contributed by atoms with Crippen LogP contribution < -0.4 is 5.73 Å². The second-order valence-corrected chi connectivity index (χ2v) is 4.78. The third kappa shape index (κ3) is 3.32. The number of hydrogen-bond donors (Lipinski definition) is 2. The molecule has 0 fully saturated rings. The van der Waals surface area contributed by atoms with Crippen molar-refractivity contribution in [2.75, 3.05) is 0 Å². The molecule has 1 aromatic heterocycles. The van der Waals surface area contributed by atoms with Crippen molar-refractivity contribution in [2.45, 2.75) is 38.6 Å². The minimum absolute atomic E-state index is 0.245. The van der Waals surface area contributed by atoms with Crippen molar-refractivity contribution in [3.8, 4) is 5.75 Å². The molecule has 0 aliphatic heterocycles. The number of nitrogens with zero attached hydrogens (tertiary/aromatic N) is 2. The topological polar surface area (TPSA) is 85.2 Å². The van der Waals surface area contributed by atoms with Crippen molar-refractivity contribution in [1.82, 2.24) is 10.1 Å². The van der Waals surface area contributed by atoms with Gasteiger partial charge in [-0.2, -0.15) is 4.98 Å². The Morgan fingerprint density at radius 1 is 1.32 bits per heavy atom. The fraction of sp³-hybridized carbons (Fsp3) is 0.429. The summed E-state index contributed by atoms with van der Waals surface area (Å²) in [6.45, 7) is 4.14. The van der Waals surface area contributed by atoms with Gasteiger partial charge in [-0.15, -0.1) is 0 Å². The molecule has 0 spiro atoms. The van der Waals surface area contributed by atoms with Gasteiger partial charge in [0.1, 0.15) is 5.75 Å². The van der Waals surface area contributed by atoms with Crippen LogP contribution in [0, 0.1) is 0 Å². The van der Waals surface area contributed by atoms with E-state index < -0.39 is 0 Å². The first-order valence-corrected chi connectivity index (χ1v) is 6.47. The molecule has 2 atom stereocenters. The number of aromatic nitrogens is 2. The second-order valence-electron chi connectivity index (χ2n) is 4.78. The van der Waals surface area contributed by atoms with Crippen LogP contribution in [0.5, 0.6) is 5.75 Å². The van der Waals surface area contributed by atoms with Gasteiger partial charge >= 0.3 is 0 Å². The van der Waals surface area contributed by atoms with Crippen LogP contribution in [0.3, 0.4) is 0 Å². The highest BCUT2D eigenvalue weighted by atomic mass is 16.5. The summed E-state index contributed by atoms with van der Waals surface area (Å²) >= 11 is 0. The van der Waals surface area contributed by atoms with Crippen LogP contribution in [-0.4, -0.2) is 15.2 Å². The van der Waals surface area contributed by atoms with Crippen LogP contribution >= 0.6 is 0 Å². The van der Waals surface area contributed by atoms with Crippen LogP contribution in [0.2, 0.25) is 0 Å². The SMILES string of the molecule is CCC(C)c1noc(C(N)Cc2ccc(O)cc2)n1. The molecular formula is C14H19N3O2. The van der Waals surface area contributed by atoms with Crippen molar-refractivity contribution >= 4 is 0 Å². The number of benzene rings is 1. The maximum Gasteiger partial charge on any atom is 0.243 e. The van der Waals surface area contributed by atoms with Crippen LogP contribution in [0.15, 0.2) is 28.8 Å². The Labute approximate surface area is 112 Å². The molecule has 5 nitrogen and oxygen atoms in total. The summed E-state index contributed by atoms with van der Waals surface area (Å²) < 4.78 is 5.21. The molecule has 0 saturated carbocycles. The summed E-state index contributed by atoms with van der Waals surface area (Å²) in [6.07, 6.45) is 1.56. The predicted octanol–water partition coefficient (Wildman–Crippen LogP) is 2.53. The number of hydrogen-bond acceptors (Lipinski definition) is 5. The molecule has 0 aliphatic rings. The highest BCUT2D eigenvalue weighted by Gasteiger charge is 2.17. The molecule has 102 valence electrons. The maximum absolute atomic E-state index is 9.23. The standard InChI is InChI=1S/C14H19N3O2/c1-3-9(2)13-16-14(19-17-13)12(15)8-10-4-6-11(18)7-5-10/h4-7,9,12,18H,3,8,15H2,1-2H3. The minimum Gasteiger partial charge on any atom is -0.508 e. The van der Waals surface area contributed by atoms with Gasteiger partial charge in [0.15, 0.2) is 5.82 Å². The van der Waals surface area contributed by atoms with Crippen molar-refractivity contribution in [1.29, 1.82) is 0 Å². The van der Waals surface area contributed by atoms with E-state index in [0.717, 1.165) is 12.0 Å². The van der Waals surface area contributed by atoms with Gasteiger partial charge in [-0.05, 0) is 30.5 Å². The monoisotopic (exact) mass is 261 g/mol. The Hall–Kier alpha value is -1.88. The number of nitrogens with two attached hydrogens (primary N) is 1. The molecule has 0 bridgehead atoms. The largest absolute Gasteiger partial charge is 0.508 e. The van der Waals surface area contributed by atoms with E-state index in [1.54, 1.807) is 12.1 Å². The lowest BCUT2D eigenvalue weighted by atomic mass is 10.1. The Kier molecular flexibility index (Phi) is 4.16. The van der Waals surface area contributed by atoms with E-state index in [1.807, 2.05) is 12.1 Å². The molecule has 0 radical (unpaired) electrons. The van der Waals surface area contributed by atoms with Crippen LogP contribution in [-0.2, 0) is 6.42 Å². The van der Waals surface area contributed by atoms with E-state index in [1.165, 1.54) is 0 Å². The maximum atomic E-state index is 9.23. The average Bonchev–Trinajstić information content (AvgIpc) is 2.90. The van der Waals surface area contributed by atoms with Crippen LogP contribution in [0.1, 0.15) is 49.5 Å². The highest BCUT2D eigenvalue weighted by molar-refractivity contribution is 5.26. The van der Waals surface area contributed by atoms with Crippen molar-refractivity contribution in [3.63, 3.8) is 0 Å². The fourth-order valence-corrected chi connectivity index (χ4v) is 1.75. The smallest absolute Gasteiger partial charge is 0.243 e. The first-order valence-electron chi connectivity index (χ1n) is 6.47. The van der Waals surface area contributed by atoms with Crippen molar-refractivity contribution < 1.29 is 9.63 Å². The quantitative estimate of drug-likeness (QED) is 0.863. The fourth-order valence-electron chi connectivity index (χ4n) is 1.75. The number of phenolic OH excluding ortho intramolecular Hbond substituents is 1. The van der Waals surface area contributed by atoms with E-state index in [-0.39, 0.29) is 17.7 Å². The van der Waals surface area contributed by atoms with E-state index in [2.05, 4.69) is 24.0 Å². The average molecular weight is 261 g/mol. The van der Waals surface area contributed by atoms with Crippen molar-refractivity contribution in [3.05, 3.63) is 41.5 Å². The summed E-state index contributed by atoms with van der Waals surface area (Å²) in [5, 5.41) is 13.2. The Morgan fingerprint density at radius 3 is 2.63 bits per heavy atom. The minimum atomic E-state index is -0.324. The molecule has 2 rings (SSSR count). The summed E-state index contributed by atoms with van der Waals surface area (Å²) in [4.78, 5) is 4.34. The van der Waals surface area contributed by atoms with Crippen LogP contribution in [0.25, 0.3) is 0 Å². The molecule has 3 N–H and O–H groups in total. The molecule has 1 heterocycles. The Bertz CT molecular complexity index is 522. The van der Waals surface area contributed by atoms with E-state index >= 15 is 0 Å². The molecule has 19 heavy (non-hydrogen) atoms. The van der Waals surface area contributed by atoms with Gasteiger partial charge in [0.2, 0.25) is 5.89 Å². The second kappa shape index (κ2) is 5.84. The summed E-state index contributed by atoms with van der Waals surface area (Å²) in [5.41, 5.74) is 7.08. The zero-order valence-corrected chi connectivity index (χ0v) is 11.2. The first kappa shape index (κ1) is 13.5. The van der Waals surface area contributed by atoms with Gasteiger partial charge in [0, 0.05) is 5.92 Å². The zero-order valence-electron chi connectivity index (χ0n) is 11.2. The van der Waals surface area contributed by atoms with Gasteiger partial charge < -0.3 is 15.4 Å². The zero-order chi connectivity index (χ0) is 13.8.